The SMILES string of the molecule is CCO[SiH2]c1c(C)cccc1C.c1cc2ccc1-2. The Balaban J connectivity index is 0.000000164. The number of rotatable bonds is 3. The summed E-state index contributed by atoms with van der Waals surface area (Å²) in [6.45, 7) is 7.23. The van der Waals surface area contributed by atoms with Crippen molar-refractivity contribution in [2.24, 2.45) is 0 Å². The predicted molar refractivity (Wildman–Crippen MR) is 81.2 cm³/mol. The molecule has 18 heavy (non-hydrogen) atoms. The van der Waals surface area contributed by atoms with Crippen LogP contribution in [0.2, 0.25) is 0 Å². The zero-order valence-electron chi connectivity index (χ0n) is 11.4. The summed E-state index contributed by atoms with van der Waals surface area (Å²) in [5.41, 5.74) is 5.62. The van der Waals surface area contributed by atoms with Crippen molar-refractivity contribution in [1.82, 2.24) is 0 Å². The molecule has 0 N–H and O–H groups in total. The minimum absolute atomic E-state index is 0.469. The van der Waals surface area contributed by atoms with Crippen LogP contribution in [0, 0.1) is 13.8 Å². The number of hydrogen-bond acceptors (Lipinski definition) is 1. The Morgan fingerprint density at radius 1 is 0.889 bits per heavy atom. The molecule has 0 atom stereocenters. The van der Waals surface area contributed by atoms with Gasteiger partial charge < -0.3 is 4.43 Å². The Morgan fingerprint density at radius 2 is 1.39 bits per heavy atom. The van der Waals surface area contributed by atoms with Gasteiger partial charge in [-0.2, -0.15) is 0 Å². The molecule has 0 saturated heterocycles. The lowest BCUT2D eigenvalue weighted by Crippen LogP contribution is -2.23. The molecule has 0 saturated carbocycles. The number of fused-ring (bicyclic) bond motifs is 1. The number of hydrogen-bond donors (Lipinski definition) is 0. The molecule has 1 aromatic rings. The molecule has 0 aliphatic heterocycles. The summed E-state index contributed by atoms with van der Waals surface area (Å²) in [7, 11) is -0.469. The monoisotopic (exact) mass is 256 g/mol. The van der Waals surface area contributed by atoms with E-state index in [4.69, 9.17) is 4.43 Å². The van der Waals surface area contributed by atoms with Crippen LogP contribution >= 0.6 is 0 Å². The molecule has 0 aromatic heterocycles. The molecule has 0 radical (unpaired) electrons. The Kier molecular flexibility index (Phi) is 4.34. The van der Waals surface area contributed by atoms with Gasteiger partial charge in [0.2, 0.25) is 0 Å². The third-order valence-corrected chi connectivity index (χ3v) is 5.33. The van der Waals surface area contributed by atoms with E-state index >= 15 is 0 Å². The first-order valence-electron chi connectivity index (χ1n) is 6.45. The molecule has 2 heteroatoms. The standard InChI is InChI=1S/C10H16OSi.C6H4/c1-4-11-12-10-8(2)6-5-7-9(10)3;1-2-6-4-3-5(1)6/h5-7H,4,12H2,1-3H3;1-4H. The van der Waals surface area contributed by atoms with Crippen LogP contribution in [0.3, 0.4) is 0 Å². The maximum atomic E-state index is 5.52. The van der Waals surface area contributed by atoms with Gasteiger partial charge in [0.25, 0.3) is 0 Å². The lowest BCUT2D eigenvalue weighted by molar-refractivity contribution is 0.367. The van der Waals surface area contributed by atoms with Gasteiger partial charge in [-0.1, -0.05) is 42.5 Å². The van der Waals surface area contributed by atoms with Crippen LogP contribution in [0.4, 0.5) is 0 Å². The van der Waals surface area contributed by atoms with E-state index in [-0.39, 0.29) is 0 Å². The van der Waals surface area contributed by atoms with Crippen LogP contribution in [0.25, 0.3) is 11.1 Å². The molecular formula is C16H20OSi. The molecule has 0 bridgehead atoms. The maximum Gasteiger partial charge on any atom is 0.192 e. The van der Waals surface area contributed by atoms with Gasteiger partial charge >= 0.3 is 0 Å². The van der Waals surface area contributed by atoms with E-state index in [1.165, 1.54) is 27.4 Å². The highest BCUT2D eigenvalue weighted by atomic mass is 28.2. The fourth-order valence-corrected chi connectivity index (χ4v) is 3.04. The molecule has 1 nitrogen and oxygen atoms in total. The predicted octanol–water partition coefficient (Wildman–Crippen LogP) is 2.72. The van der Waals surface area contributed by atoms with Crippen LogP contribution in [-0.2, 0) is 4.43 Å². The number of benzene rings is 2. The van der Waals surface area contributed by atoms with Gasteiger partial charge in [-0.3, -0.25) is 0 Å². The Labute approximate surface area is 112 Å². The van der Waals surface area contributed by atoms with Crippen molar-refractivity contribution in [2.45, 2.75) is 20.8 Å². The van der Waals surface area contributed by atoms with Gasteiger partial charge in [-0.15, -0.1) is 0 Å². The van der Waals surface area contributed by atoms with E-state index in [0.717, 1.165) is 6.61 Å². The quantitative estimate of drug-likeness (QED) is 0.655. The van der Waals surface area contributed by atoms with Gasteiger partial charge in [-0.05, 0) is 48.2 Å². The molecule has 0 heterocycles. The second-order valence-corrected chi connectivity index (χ2v) is 5.99. The number of aryl methyl sites for hydroxylation is 2. The van der Waals surface area contributed by atoms with E-state index in [9.17, 15) is 0 Å². The van der Waals surface area contributed by atoms with Crippen molar-refractivity contribution in [1.29, 1.82) is 0 Å². The largest absolute Gasteiger partial charge is 0.419 e. The fraction of sp³-hybridized carbons (Fsp3) is 0.250. The molecule has 0 spiro atoms. The van der Waals surface area contributed by atoms with Gasteiger partial charge in [0, 0.05) is 6.61 Å². The van der Waals surface area contributed by atoms with E-state index in [1.807, 2.05) is 0 Å². The Hall–Kier alpha value is -1.38. The van der Waals surface area contributed by atoms with Crippen molar-refractivity contribution < 1.29 is 4.43 Å². The maximum absolute atomic E-state index is 5.52. The first-order valence-corrected chi connectivity index (χ1v) is 7.74. The van der Waals surface area contributed by atoms with Gasteiger partial charge in [0.15, 0.2) is 9.76 Å². The minimum Gasteiger partial charge on any atom is -0.419 e. The normalized spacial score (nSPS) is 11.3. The van der Waals surface area contributed by atoms with Gasteiger partial charge in [0.1, 0.15) is 0 Å². The van der Waals surface area contributed by atoms with Crippen molar-refractivity contribution in [3.63, 3.8) is 0 Å². The van der Waals surface area contributed by atoms with Gasteiger partial charge in [-0.25, -0.2) is 0 Å². The van der Waals surface area contributed by atoms with E-state index in [0.29, 0.717) is 0 Å². The summed E-state index contributed by atoms with van der Waals surface area (Å²) in [5, 5.41) is 1.47. The Morgan fingerprint density at radius 3 is 1.72 bits per heavy atom. The first kappa shape index (κ1) is 13.1. The third-order valence-electron chi connectivity index (χ3n) is 3.31. The molecular weight excluding hydrogens is 236 g/mol. The van der Waals surface area contributed by atoms with Crippen LogP contribution in [0.1, 0.15) is 18.1 Å². The summed E-state index contributed by atoms with van der Waals surface area (Å²) < 4.78 is 5.52. The molecule has 2 aliphatic carbocycles. The topological polar surface area (TPSA) is 9.23 Å². The van der Waals surface area contributed by atoms with E-state index < -0.39 is 9.76 Å². The summed E-state index contributed by atoms with van der Waals surface area (Å²) in [4.78, 5) is 0. The summed E-state index contributed by atoms with van der Waals surface area (Å²) >= 11 is 0. The zero-order chi connectivity index (χ0) is 13.0. The Bertz CT molecular complexity index is 476. The molecule has 2 aliphatic rings. The highest BCUT2D eigenvalue weighted by molar-refractivity contribution is 6.48. The summed E-state index contributed by atoms with van der Waals surface area (Å²) in [5.74, 6) is 0. The summed E-state index contributed by atoms with van der Waals surface area (Å²) in [6, 6.07) is 14.9. The first-order chi connectivity index (χ1) is 8.72. The molecule has 0 unspecified atom stereocenters. The van der Waals surface area contributed by atoms with Crippen LogP contribution in [0.15, 0.2) is 42.5 Å². The van der Waals surface area contributed by atoms with Crippen LogP contribution < -0.4 is 5.19 Å². The molecule has 0 amide bonds. The van der Waals surface area contributed by atoms with Crippen LogP contribution in [0.5, 0.6) is 0 Å². The zero-order valence-corrected chi connectivity index (χ0v) is 12.8. The lowest BCUT2D eigenvalue weighted by Gasteiger charge is -2.10. The minimum atomic E-state index is -0.469. The van der Waals surface area contributed by atoms with Crippen molar-refractivity contribution >= 4 is 14.9 Å². The highest BCUT2D eigenvalue weighted by Crippen LogP contribution is 2.29. The average Bonchev–Trinajstić information content (AvgIpc) is 2.34. The molecule has 3 rings (SSSR count). The fourth-order valence-electron chi connectivity index (χ4n) is 1.94. The van der Waals surface area contributed by atoms with Crippen LogP contribution in [-0.4, -0.2) is 16.4 Å². The second kappa shape index (κ2) is 5.98. The van der Waals surface area contributed by atoms with E-state index in [2.05, 4.69) is 63.2 Å². The lowest BCUT2D eigenvalue weighted by atomic mass is 9.95. The third kappa shape index (κ3) is 2.89. The van der Waals surface area contributed by atoms with Crippen molar-refractivity contribution in [3.8, 4) is 11.1 Å². The van der Waals surface area contributed by atoms with Crippen molar-refractivity contribution in [3.05, 3.63) is 53.6 Å². The van der Waals surface area contributed by atoms with E-state index in [1.54, 1.807) is 0 Å². The van der Waals surface area contributed by atoms with Gasteiger partial charge in [0.05, 0.1) is 0 Å². The van der Waals surface area contributed by atoms with Crippen molar-refractivity contribution in [2.75, 3.05) is 6.61 Å². The average molecular weight is 256 g/mol. The molecule has 94 valence electrons. The highest BCUT2D eigenvalue weighted by Gasteiger charge is 2.04. The smallest absolute Gasteiger partial charge is 0.192 e. The molecule has 0 fully saturated rings. The molecule has 1 aromatic carbocycles. The summed E-state index contributed by atoms with van der Waals surface area (Å²) in [6.07, 6.45) is 0. The second-order valence-electron chi connectivity index (χ2n) is 4.58.